The van der Waals surface area contributed by atoms with Gasteiger partial charge in [0.15, 0.2) is 0 Å². The lowest BCUT2D eigenvalue weighted by atomic mass is 9.87. The Balaban J connectivity index is 1.43. The fourth-order valence-electron chi connectivity index (χ4n) is 4.66. The molecule has 1 N–H and O–H groups in total. The molecule has 0 atom stereocenters. The standard InChI is InChI=1S/C32H33N3O2S/c1-32(2,3)26-16-19-28(20-17-26)38(36,37)34-27-18-21-30-29(23-27)33-31(25-14-8-5-9-15-25)35(30)22-10-13-24-11-6-4-7-12-24/h4-9,11-12,14-21,23,34H,10,13,22H2,1-3H3. The average Bonchev–Trinajstić information content (AvgIpc) is 3.27. The van der Waals surface area contributed by atoms with Gasteiger partial charge in [0.2, 0.25) is 0 Å². The van der Waals surface area contributed by atoms with Crippen LogP contribution in [0.5, 0.6) is 0 Å². The monoisotopic (exact) mass is 523 g/mol. The van der Waals surface area contributed by atoms with E-state index < -0.39 is 10.0 Å². The number of hydrogen-bond acceptors (Lipinski definition) is 3. The number of sulfonamides is 1. The van der Waals surface area contributed by atoms with E-state index in [2.05, 4.69) is 66.5 Å². The molecule has 0 aliphatic rings. The van der Waals surface area contributed by atoms with E-state index in [4.69, 9.17) is 4.98 Å². The normalized spacial score (nSPS) is 12.1. The fourth-order valence-corrected chi connectivity index (χ4v) is 5.71. The third-order valence-corrected chi connectivity index (χ3v) is 8.15. The molecule has 194 valence electrons. The van der Waals surface area contributed by atoms with Gasteiger partial charge in [-0.3, -0.25) is 4.72 Å². The second-order valence-corrected chi connectivity index (χ2v) is 12.3. The van der Waals surface area contributed by atoms with Crippen molar-refractivity contribution in [2.24, 2.45) is 0 Å². The molecule has 0 spiro atoms. The topological polar surface area (TPSA) is 64.0 Å². The first kappa shape index (κ1) is 25.7. The zero-order valence-electron chi connectivity index (χ0n) is 22.1. The predicted octanol–water partition coefficient (Wildman–Crippen LogP) is 7.43. The van der Waals surface area contributed by atoms with Crippen molar-refractivity contribution in [2.45, 2.75) is 50.5 Å². The molecule has 0 unspecified atom stereocenters. The van der Waals surface area contributed by atoms with E-state index in [9.17, 15) is 8.42 Å². The number of nitrogens with one attached hydrogen (secondary N) is 1. The Bertz CT molecular complexity index is 1630. The van der Waals surface area contributed by atoms with E-state index in [1.165, 1.54) is 5.56 Å². The third kappa shape index (κ3) is 5.65. The van der Waals surface area contributed by atoms with Crippen LogP contribution in [-0.2, 0) is 28.4 Å². The van der Waals surface area contributed by atoms with Gasteiger partial charge >= 0.3 is 0 Å². The zero-order chi connectivity index (χ0) is 26.8. The fraction of sp³-hybridized carbons (Fsp3) is 0.219. The minimum absolute atomic E-state index is 0.0445. The van der Waals surface area contributed by atoms with E-state index in [1.54, 1.807) is 12.1 Å². The Hall–Kier alpha value is -3.90. The van der Waals surface area contributed by atoms with E-state index in [-0.39, 0.29) is 10.3 Å². The average molecular weight is 524 g/mol. The Morgan fingerprint density at radius 3 is 2.13 bits per heavy atom. The number of anilines is 1. The number of hydrogen-bond donors (Lipinski definition) is 1. The zero-order valence-corrected chi connectivity index (χ0v) is 22.9. The molecule has 0 saturated carbocycles. The highest BCUT2D eigenvalue weighted by molar-refractivity contribution is 7.92. The quantitative estimate of drug-likeness (QED) is 0.230. The molecule has 0 saturated heterocycles. The summed E-state index contributed by atoms with van der Waals surface area (Å²) in [5.74, 6) is 0.881. The minimum Gasteiger partial charge on any atom is -0.324 e. The summed E-state index contributed by atoms with van der Waals surface area (Å²) in [5, 5.41) is 0. The largest absolute Gasteiger partial charge is 0.324 e. The van der Waals surface area contributed by atoms with Gasteiger partial charge in [0.05, 0.1) is 21.6 Å². The summed E-state index contributed by atoms with van der Waals surface area (Å²) >= 11 is 0. The van der Waals surface area contributed by atoms with Crippen LogP contribution in [0, 0.1) is 0 Å². The van der Waals surface area contributed by atoms with Crippen molar-refractivity contribution in [1.82, 2.24) is 9.55 Å². The van der Waals surface area contributed by atoms with Gasteiger partial charge in [-0.2, -0.15) is 0 Å². The van der Waals surface area contributed by atoms with Gasteiger partial charge in [-0.05, 0) is 59.7 Å². The summed E-state index contributed by atoms with van der Waals surface area (Å²) in [6, 6.07) is 33.3. The van der Waals surface area contributed by atoms with Crippen LogP contribution in [0.2, 0.25) is 0 Å². The summed E-state index contributed by atoms with van der Waals surface area (Å²) in [7, 11) is -3.73. The van der Waals surface area contributed by atoms with Crippen molar-refractivity contribution in [1.29, 1.82) is 0 Å². The van der Waals surface area contributed by atoms with Crippen molar-refractivity contribution in [3.8, 4) is 11.4 Å². The molecular weight excluding hydrogens is 490 g/mol. The van der Waals surface area contributed by atoms with Gasteiger partial charge in [-0.25, -0.2) is 13.4 Å². The van der Waals surface area contributed by atoms with Crippen LogP contribution in [0.3, 0.4) is 0 Å². The summed E-state index contributed by atoms with van der Waals surface area (Å²) in [4.78, 5) is 5.18. The lowest BCUT2D eigenvalue weighted by molar-refractivity contribution is 0.587. The molecule has 0 aliphatic heterocycles. The Labute approximate surface area is 225 Å². The van der Waals surface area contributed by atoms with Gasteiger partial charge in [0, 0.05) is 12.1 Å². The second kappa shape index (κ2) is 10.5. The van der Waals surface area contributed by atoms with E-state index >= 15 is 0 Å². The Morgan fingerprint density at radius 1 is 0.816 bits per heavy atom. The van der Waals surface area contributed by atoms with Crippen molar-refractivity contribution in [3.63, 3.8) is 0 Å². The number of aromatic nitrogens is 2. The van der Waals surface area contributed by atoms with Gasteiger partial charge in [-0.1, -0.05) is 93.6 Å². The van der Waals surface area contributed by atoms with E-state index in [0.29, 0.717) is 5.69 Å². The molecule has 5 aromatic rings. The number of fused-ring (bicyclic) bond motifs is 1. The van der Waals surface area contributed by atoms with E-state index in [0.717, 1.165) is 47.4 Å². The molecule has 6 heteroatoms. The van der Waals surface area contributed by atoms with Crippen LogP contribution in [0.4, 0.5) is 5.69 Å². The van der Waals surface area contributed by atoms with Crippen LogP contribution in [-0.4, -0.2) is 18.0 Å². The van der Waals surface area contributed by atoms with Crippen molar-refractivity contribution >= 4 is 26.7 Å². The van der Waals surface area contributed by atoms with Crippen LogP contribution in [0.25, 0.3) is 22.4 Å². The van der Waals surface area contributed by atoms with E-state index in [1.807, 2.05) is 54.6 Å². The van der Waals surface area contributed by atoms with Gasteiger partial charge in [-0.15, -0.1) is 0 Å². The molecular formula is C32H33N3O2S. The third-order valence-electron chi connectivity index (χ3n) is 6.75. The summed E-state index contributed by atoms with van der Waals surface area (Å²) in [6.07, 6.45) is 1.94. The molecule has 4 aromatic carbocycles. The second-order valence-electron chi connectivity index (χ2n) is 10.6. The van der Waals surface area contributed by atoms with Crippen LogP contribution < -0.4 is 4.72 Å². The molecule has 0 aliphatic carbocycles. The Kier molecular flexibility index (Phi) is 7.09. The molecule has 1 heterocycles. The highest BCUT2D eigenvalue weighted by atomic mass is 32.2. The van der Waals surface area contributed by atoms with Crippen LogP contribution >= 0.6 is 0 Å². The Morgan fingerprint density at radius 2 is 1.47 bits per heavy atom. The minimum atomic E-state index is -3.73. The first-order valence-electron chi connectivity index (χ1n) is 12.9. The molecule has 0 amide bonds. The van der Waals surface area contributed by atoms with Gasteiger partial charge < -0.3 is 4.57 Å². The highest BCUT2D eigenvalue weighted by Gasteiger charge is 2.19. The van der Waals surface area contributed by atoms with Crippen LogP contribution in [0.15, 0.2) is 108 Å². The number of aryl methyl sites for hydroxylation is 2. The number of imidazole rings is 1. The highest BCUT2D eigenvalue weighted by Crippen LogP contribution is 2.29. The SMILES string of the molecule is CC(C)(C)c1ccc(S(=O)(=O)Nc2ccc3c(c2)nc(-c2ccccc2)n3CCCc2ccccc2)cc1. The first-order valence-corrected chi connectivity index (χ1v) is 14.4. The lowest BCUT2D eigenvalue weighted by Crippen LogP contribution is -2.14. The first-order chi connectivity index (χ1) is 18.2. The lowest BCUT2D eigenvalue weighted by Gasteiger charge is -2.19. The molecule has 1 aromatic heterocycles. The maximum atomic E-state index is 13.1. The van der Waals surface area contributed by atoms with Gasteiger partial charge in [0.25, 0.3) is 10.0 Å². The predicted molar refractivity (Wildman–Crippen MR) is 156 cm³/mol. The van der Waals surface area contributed by atoms with Crippen molar-refractivity contribution < 1.29 is 8.42 Å². The van der Waals surface area contributed by atoms with Crippen molar-refractivity contribution in [3.05, 3.63) is 114 Å². The number of benzene rings is 4. The van der Waals surface area contributed by atoms with Crippen LogP contribution in [0.1, 0.15) is 38.3 Å². The molecule has 0 bridgehead atoms. The molecule has 0 fully saturated rings. The maximum absolute atomic E-state index is 13.1. The summed E-state index contributed by atoms with van der Waals surface area (Å²) in [6.45, 7) is 7.12. The summed E-state index contributed by atoms with van der Waals surface area (Å²) < 4.78 is 31.2. The molecule has 0 radical (unpaired) electrons. The molecule has 5 nitrogen and oxygen atoms in total. The molecule has 38 heavy (non-hydrogen) atoms. The van der Waals surface area contributed by atoms with Gasteiger partial charge in [0.1, 0.15) is 5.82 Å². The number of rotatable bonds is 8. The maximum Gasteiger partial charge on any atom is 0.261 e. The summed E-state index contributed by atoms with van der Waals surface area (Å²) in [5.41, 5.74) is 5.61. The molecule has 5 rings (SSSR count). The van der Waals surface area contributed by atoms with Crippen molar-refractivity contribution in [2.75, 3.05) is 4.72 Å². The number of nitrogens with zero attached hydrogens (tertiary/aromatic N) is 2. The smallest absolute Gasteiger partial charge is 0.261 e.